The summed E-state index contributed by atoms with van der Waals surface area (Å²) in [4.78, 5) is 7.34. The monoisotopic (exact) mass is 311 g/mol. The maximum atomic E-state index is 4.78. The number of rotatable bonds is 10. The van der Waals surface area contributed by atoms with Crippen LogP contribution in [0.1, 0.15) is 71.0 Å². The molecule has 122 valence electrons. The molecule has 3 nitrogen and oxygen atoms in total. The van der Waals surface area contributed by atoms with Crippen molar-refractivity contribution >= 4 is 11.3 Å². The summed E-state index contributed by atoms with van der Waals surface area (Å²) in [5, 5.41) is 6.93. The number of hydrogen-bond acceptors (Lipinski definition) is 4. The maximum Gasteiger partial charge on any atom is 0.107 e. The van der Waals surface area contributed by atoms with Crippen molar-refractivity contribution in [3.05, 3.63) is 16.1 Å². The quantitative estimate of drug-likeness (QED) is 0.692. The van der Waals surface area contributed by atoms with Crippen LogP contribution in [-0.2, 0) is 13.1 Å². The van der Waals surface area contributed by atoms with Gasteiger partial charge in [0.15, 0.2) is 0 Å². The average Bonchev–Trinajstić information content (AvgIpc) is 2.86. The van der Waals surface area contributed by atoms with E-state index in [-0.39, 0.29) is 5.54 Å². The Morgan fingerprint density at radius 3 is 2.29 bits per heavy atom. The van der Waals surface area contributed by atoms with Crippen LogP contribution in [0.5, 0.6) is 0 Å². The van der Waals surface area contributed by atoms with Crippen molar-refractivity contribution < 1.29 is 0 Å². The van der Waals surface area contributed by atoms with E-state index in [2.05, 4.69) is 50.2 Å². The third-order valence-corrected chi connectivity index (χ3v) is 4.31. The molecule has 1 aromatic heterocycles. The Kier molecular flexibility index (Phi) is 8.45. The zero-order valence-electron chi connectivity index (χ0n) is 14.5. The van der Waals surface area contributed by atoms with E-state index in [1.54, 1.807) is 11.3 Å². The van der Waals surface area contributed by atoms with Crippen molar-refractivity contribution in [3.63, 3.8) is 0 Å². The molecule has 0 atom stereocenters. The molecule has 1 aromatic rings. The molecule has 0 saturated heterocycles. The van der Waals surface area contributed by atoms with E-state index < -0.39 is 0 Å². The molecule has 0 saturated carbocycles. The van der Waals surface area contributed by atoms with Gasteiger partial charge in [-0.3, -0.25) is 4.90 Å². The van der Waals surface area contributed by atoms with Crippen molar-refractivity contribution in [1.29, 1.82) is 0 Å². The Balaban J connectivity index is 2.49. The number of unbranched alkanes of at least 4 members (excludes halogenated alkanes) is 2. The second kappa shape index (κ2) is 9.54. The number of aromatic nitrogens is 1. The van der Waals surface area contributed by atoms with Crippen LogP contribution in [0.3, 0.4) is 0 Å². The van der Waals surface area contributed by atoms with Crippen molar-refractivity contribution in [1.82, 2.24) is 15.2 Å². The summed E-state index contributed by atoms with van der Waals surface area (Å²) < 4.78 is 0. The smallest absolute Gasteiger partial charge is 0.107 e. The Morgan fingerprint density at radius 1 is 1.14 bits per heavy atom. The molecular weight excluding hydrogens is 278 g/mol. The largest absolute Gasteiger partial charge is 0.306 e. The molecular formula is C17H33N3S. The van der Waals surface area contributed by atoms with Gasteiger partial charge in [0, 0.05) is 24.0 Å². The van der Waals surface area contributed by atoms with Crippen LogP contribution < -0.4 is 5.32 Å². The van der Waals surface area contributed by atoms with Crippen molar-refractivity contribution in [3.8, 4) is 0 Å². The van der Waals surface area contributed by atoms with E-state index in [0.717, 1.165) is 13.1 Å². The molecule has 21 heavy (non-hydrogen) atoms. The number of hydrogen-bond donors (Lipinski definition) is 1. The van der Waals surface area contributed by atoms with Gasteiger partial charge in [-0.2, -0.15) is 0 Å². The van der Waals surface area contributed by atoms with E-state index in [1.165, 1.54) is 49.5 Å². The van der Waals surface area contributed by atoms with E-state index in [0.29, 0.717) is 0 Å². The topological polar surface area (TPSA) is 28.2 Å². The minimum atomic E-state index is 0.153. The highest BCUT2D eigenvalue weighted by Gasteiger charge is 2.12. The molecule has 1 rings (SSSR count). The fourth-order valence-corrected chi connectivity index (χ4v) is 2.83. The van der Waals surface area contributed by atoms with Gasteiger partial charge in [0.25, 0.3) is 0 Å². The lowest BCUT2D eigenvalue weighted by Crippen LogP contribution is -2.35. The summed E-state index contributed by atoms with van der Waals surface area (Å²) in [5.41, 5.74) is 1.39. The summed E-state index contributed by atoms with van der Waals surface area (Å²) in [6.45, 7) is 15.4. The third kappa shape index (κ3) is 8.54. The van der Waals surface area contributed by atoms with Crippen molar-refractivity contribution in [2.45, 2.75) is 78.9 Å². The third-order valence-electron chi connectivity index (χ3n) is 3.41. The summed E-state index contributed by atoms with van der Waals surface area (Å²) in [6, 6.07) is 0. The Bertz CT molecular complexity index is 374. The first-order valence-corrected chi connectivity index (χ1v) is 9.23. The fourth-order valence-electron chi connectivity index (χ4n) is 2.11. The lowest BCUT2D eigenvalue weighted by molar-refractivity contribution is 0.254. The molecule has 0 aliphatic carbocycles. The maximum absolute atomic E-state index is 4.78. The first-order valence-electron chi connectivity index (χ1n) is 8.35. The van der Waals surface area contributed by atoms with E-state index in [9.17, 15) is 0 Å². The van der Waals surface area contributed by atoms with E-state index in [4.69, 9.17) is 4.98 Å². The molecule has 0 radical (unpaired) electrons. The fraction of sp³-hybridized carbons (Fsp3) is 0.824. The highest BCUT2D eigenvalue weighted by molar-refractivity contribution is 7.09. The molecule has 4 heteroatoms. The lowest BCUT2D eigenvalue weighted by Gasteiger charge is -2.21. The first-order chi connectivity index (χ1) is 9.94. The zero-order valence-corrected chi connectivity index (χ0v) is 15.4. The van der Waals surface area contributed by atoms with Crippen molar-refractivity contribution in [2.24, 2.45) is 0 Å². The number of thiazole rings is 1. The molecule has 0 aromatic carbocycles. The summed E-state index contributed by atoms with van der Waals surface area (Å²) in [5.74, 6) is 0. The molecule has 0 spiro atoms. The number of nitrogens with one attached hydrogen (secondary N) is 1. The zero-order chi connectivity index (χ0) is 15.7. The molecule has 0 bridgehead atoms. The van der Waals surface area contributed by atoms with Crippen LogP contribution in [-0.4, -0.2) is 28.5 Å². The van der Waals surface area contributed by atoms with Gasteiger partial charge < -0.3 is 5.32 Å². The van der Waals surface area contributed by atoms with E-state index in [1.807, 2.05) is 0 Å². The first kappa shape index (κ1) is 18.6. The van der Waals surface area contributed by atoms with Gasteiger partial charge in [-0.25, -0.2) is 4.98 Å². The van der Waals surface area contributed by atoms with Gasteiger partial charge >= 0.3 is 0 Å². The highest BCUT2D eigenvalue weighted by atomic mass is 32.1. The van der Waals surface area contributed by atoms with Gasteiger partial charge in [0.2, 0.25) is 0 Å². The molecule has 1 heterocycles. The van der Waals surface area contributed by atoms with Gasteiger partial charge in [0.05, 0.1) is 5.69 Å². The Hall–Kier alpha value is -0.450. The van der Waals surface area contributed by atoms with Gasteiger partial charge in [-0.1, -0.05) is 26.7 Å². The highest BCUT2D eigenvalue weighted by Crippen LogP contribution is 2.14. The number of nitrogens with zero attached hydrogens (tertiary/aromatic N) is 2. The summed E-state index contributed by atoms with van der Waals surface area (Å²) >= 11 is 1.78. The normalized spacial score (nSPS) is 12.3. The van der Waals surface area contributed by atoms with Crippen molar-refractivity contribution in [2.75, 3.05) is 13.1 Å². The minimum Gasteiger partial charge on any atom is -0.306 e. The second-order valence-electron chi connectivity index (χ2n) is 6.82. The molecule has 0 unspecified atom stereocenters. The predicted octanol–water partition coefficient (Wildman–Crippen LogP) is 4.43. The summed E-state index contributed by atoms with van der Waals surface area (Å²) in [6.07, 6.45) is 5.10. The Labute approximate surface area is 135 Å². The standard InChI is InChI=1S/C17H33N3S/c1-6-8-10-20(11-9-7-2)13-15-14-21-16(19-15)12-18-17(3,4)5/h14,18H,6-13H2,1-5H3. The minimum absolute atomic E-state index is 0.153. The van der Waals surface area contributed by atoms with Crippen LogP contribution >= 0.6 is 11.3 Å². The second-order valence-corrected chi connectivity index (χ2v) is 7.76. The molecule has 0 amide bonds. The van der Waals surface area contributed by atoms with Crippen LogP contribution in [0.15, 0.2) is 5.38 Å². The Morgan fingerprint density at radius 2 is 1.76 bits per heavy atom. The van der Waals surface area contributed by atoms with Crippen LogP contribution in [0.4, 0.5) is 0 Å². The lowest BCUT2D eigenvalue weighted by atomic mass is 10.1. The molecule has 0 aliphatic heterocycles. The van der Waals surface area contributed by atoms with Crippen LogP contribution in [0.25, 0.3) is 0 Å². The van der Waals surface area contributed by atoms with Crippen LogP contribution in [0.2, 0.25) is 0 Å². The van der Waals surface area contributed by atoms with Gasteiger partial charge in [0.1, 0.15) is 5.01 Å². The molecule has 1 N–H and O–H groups in total. The summed E-state index contributed by atoms with van der Waals surface area (Å²) in [7, 11) is 0. The van der Waals surface area contributed by atoms with Crippen LogP contribution in [0, 0.1) is 0 Å². The average molecular weight is 312 g/mol. The molecule has 0 fully saturated rings. The van der Waals surface area contributed by atoms with Gasteiger partial charge in [-0.15, -0.1) is 11.3 Å². The van der Waals surface area contributed by atoms with E-state index >= 15 is 0 Å². The SMILES string of the molecule is CCCCN(CCCC)Cc1csc(CNC(C)(C)C)n1. The predicted molar refractivity (Wildman–Crippen MR) is 93.8 cm³/mol. The van der Waals surface area contributed by atoms with Gasteiger partial charge in [-0.05, 0) is 46.7 Å². The molecule has 0 aliphatic rings.